The Morgan fingerprint density at radius 1 is 1.27 bits per heavy atom. The molecule has 1 aliphatic rings. The van der Waals surface area contributed by atoms with E-state index in [2.05, 4.69) is 9.98 Å². The van der Waals surface area contributed by atoms with Crippen molar-refractivity contribution in [3.8, 4) is 0 Å². The molecule has 1 aliphatic carbocycles. The van der Waals surface area contributed by atoms with Crippen LogP contribution >= 0.6 is 0 Å². The van der Waals surface area contributed by atoms with E-state index in [0.29, 0.717) is 24.7 Å². The van der Waals surface area contributed by atoms with Crippen LogP contribution < -0.4 is 0 Å². The van der Waals surface area contributed by atoms with E-state index in [1.165, 1.54) is 12.6 Å². The van der Waals surface area contributed by atoms with Crippen molar-refractivity contribution >= 4 is 18.6 Å². The summed E-state index contributed by atoms with van der Waals surface area (Å²) >= 11 is 0. The quantitative estimate of drug-likeness (QED) is 0.389. The van der Waals surface area contributed by atoms with Crippen molar-refractivity contribution in [1.82, 2.24) is 0 Å². The van der Waals surface area contributed by atoms with Gasteiger partial charge in [0.15, 0.2) is 6.29 Å². The number of hydrogen-bond acceptors (Lipinski definition) is 4. The molecule has 2 unspecified atom stereocenters. The SMILES string of the molecule is O=C=NCC1CCCC(CN=CC=O)C1. The fourth-order valence-corrected chi connectivity index (χ4v) is 2.15. The van der Waals surface area contributed by atoms with E-state index in [0.717, 1.165) is 25.8 Å². The van der Waals surface area contributed by atoms with Crippen LogP contribution in [-0.4, -0.2) is 31.7 Å². The van der Waals surface area contributed by atoms with Gasteiger partial charge in [-0.1, -0.05) is 6.42 Å². The van der Waals surface area contributed by atoms with Gasteiger partial charge in [-0.15, -0.1) is 0 Å². The molecule has 0 aromatic heterocycles. The molecular formula is C11H16N2O2. The number of isocyanates is 1. The third-order valence-corrected chi connectivity index (χ3v) is 2.84. The van der Waals surface area contributed by atoms with Gasteiger partial charge in [0.1, 0.15) is 0 Å². The van der Waals surface area contributed by atoms with Gasteiger partial charge in [-0.25, -0.2) is 9.79 Å². The average Bonchev–Trinajstić information content (AvgIpc) is 2.27. The van der Waals surface area contributed by atoms with E-state index in [4.69, 9.17) is 0 Å². The van der Waals surface area contributed by atoms with Crippen molar-refractivity contribution in [2.45, 2.75) is 25.7 Å². The molecule has 0 amide bonds. The zero-order valence-corrected chi connectivity index (χ0v) is 8.76. The predicted molar refractivity (Wildman–Crippen MR) is 57.9 cm³/mol. The molecular weight excluding hydrogens is 192 g/mol. The Hall–Kier alpha value is -1.28. The van der Waals surface area contributed by atoms with Crippen LogP contribution in [0, 0.1) is 11.8 Å². The number of carbonyl (C=O) groups is 1. The molecule has 0 N–H and O–H groups in total. The third kappa shape index (κ3) is 4.66. The smallest absolute Gasteiger partial charge is 0.234 e. The Morgan fingerprint density at radius 2 is 2.00 bits per heavy atom. The summed E-state index contributed by atoms with van der Waals surface area (Å²) < 4.78 is 0. The summed E-state index contributed by atoms with van der Waals surface area (Å²) in [5, 5.41) is 0. The van der Waals surface area contributed by atoms with Gasteiger partial charge in [-0.2, -0.15) is 0 Å². The zero-order chi connectivity index (χ0) is 10.9. The number of nitrogens with zero attached hydrogens (tertiary/aromatic N) is 2. The van der Waals surface area contributed by atoms with Crippen LogP contribution in [0.3, 0.4) is 0 Å². The monoisotopic (exact) mass is 208 g/mol. The average molecular weight is 208 g/mol. The second kappa shape index (κ2) is 7.07. The molecule has 0 bridgehead atoms. The molecule has 82 valence electrons. The van der Waals surface area contributed by atoms with Crippen LogP contribution in [0.25, 0.3) is 0 Å². The first kappa shape index (κ1) is 11.8. The highest BCUT2D eigenvalue weighted by Crippen LogP contribution is 2.29. The summed E-state index contributed by atoms with van der Waals surface area (Å²) in [7, 11) is 0. The van der Waals surface area contributed by atoms with Crippen molar-refractivity contribution < 1.29 is 9.59 Å². The molecule has 4 nitrogen and oxygen atoms in total. The van der Waals surface area contributed by atoms with E-state index >= 15 is 0 Å². The number of aliphatic imine (C=N–C) groups is 2. The van der Waals surface area contributed by atoms with E-state index in [1.54, 1.807) is 6.08 Å². The van der Waals surface area contributed by atoms with Crippen LogP contribution in [0.15, 0.2) is 9.98 Å². The molecule has 1 rings (SSSR count). The van der Waals surface area contributed by atoms with E-state index in [9.17, 15) is 9.59 Å². The maximum atomic E-state index is 10.0. The Kier molecular flexibility index (Phi) is 5.56. The molecule has 0 saturated heterocycles. The van der Waals surface area contributed by atoms with Gasteiger partial charge in [0.05, 0.1) is 12.8 Å². The molecule has 0 heterocycles. The molecule has 0 aromatic carbocycles. The molecule has 2 atom stereocenters. The summed E-state index contributed by atoms with van der Waals surface area (Å²) in [5.41, 5.74) is 0. The third-order valence-electron chi connectivity index (χ3n) is 2.84. The molecule has 1 fully saturated rings. The van der Waals surface area contributed by atoms with Crippen molar-refractivity contribution in [2.24, 2.45) is 21.8 Å². The summed E-state index contributed by atoms with van der Waals surface area (Å²) in [6, 6.07) is 0. The standard InChI is InChI=1S/C11H16N2O2/c14-5-4-12-7-10-2-1-3-11(6-10)8-13-9-15/h4-5,10-11H,1-3,6-8H2. The first-order chi connectivity index (χ1) is 7.36. The van der Waals surface area contributed by atoms with Crippen molar-refractivity contribution in [3.63, 3.8) is 0 Å². The minimum absolute atomic E-state index is 0.497. The highest BCUT2D eigenvalue weighted by Gasteiger charge is 2.21. The number of rotatable bonds is 5. The highest BCUT2D eigenvalue weighted by atomic mass is 16.1. The van der Waals surface area contributed by atoms with Gasteiger partial charge in [0, 0.05) is 6.54 Å². The van der Waals surface area contributed by atoms with Crippen molar-refractivity contribution in [2.75, 3.05) is 13.1 Å². The second-order valence-corrected chi connectivity index (χ2v) is 3.98. The number of aldehydes is 1. The minimum atomic E-state index is 0.497. The van der Waals surface area contributed by atoms with Crippen LogP contribution in [0.5, 0.6) is 0 Å². The zero-order valence-electron chi connectivity index (χ0n) is 8.76. The molecule has 15 heavy (non-hydrogen) atoms. The summed E-state index contributed by atoms with van der Waals surface area (Å²) in [6.45, 7) is 1.32. The Morgan fingerprint density at radius 3 is 2.67 bits per heavy atom. The van der Waals surface area contributed by atoms with E-state index in [-0.39, 0.29) is 0 Å². The van der Waals surface area contributed by atoms with Crippen LogP contribution in [0.4, 0.5) is 0 Å². The Balaban J connectivity index is 2.31. The first-order valence-electron chi connectivity index (χ1n) is 5.34. The molecule has 0 radical (unpaired) electrons. The normalized spacial score (nSPS) is 26.1. The minimum Gasteiger partial charge on any atom is -0.297 e. The van der Waals surface area contributed by atoms with Gasteiger partial charge in [-0.05, 0) is 31.1 Å². The molecule has 0 aliphatic heterocycles. The number of hydrogen-bond donors (Lipinski definition) is 0. The van der Waals surface area contributed by atoms with Gasteiger partial charge < -0.3 is 0 Å². The Bertz CT molecular complexity index is 270. The van der Waals surface area contributed by atoms with Crippen LogP contribution in [-0.2, 0) is 9.59 Å². The van der Waals surface area contributed by atoms with Gasteiger partial charge in [0.25, 0.3) is 0 Å². The molecule has 4 heteroatoms. The second-order valence-electron chi connectivity index (χ2n) is 3.98. The predicted octanol–water partition coefficient (Wildman–Crippen LogP) is 1.40. The fraction of sp³-hybridized carbons (Fsp3) is 0.727. The molecule has 1 saturated carbocycles. The van der Waals surface area contributed by atoms with Crippen molar-refractivity contribution in [1.29, 1.82) is 0 Å². The molecule has 0 aromatic rings. The van der Waals surface area contributed by atoms with E-state index < -0.39 is 0 Å². The summed E-state index contributed by atoms with van der Waals surface area (Å²) in [4.78, 5) is 27.7. The van der Waals surface area contributed by atoms with Gasteiger partial charge >= 0.3 is 0 Å². The summed E-state index contributed by atoms with van der Waals surface area (Å²) in [6.07, 6.45) is 8.13. The highest BCUT2D eigenvalue weighted by molar-refractivity contribution is 6.12. The lowest BCUT2D eigenvalue weighted by Crippen LogP contribution is -2.19. The summed E-state index contributed by atoms with van der Waals surface area (Å²) in [5.74, 6) is 1.04. The lowest BCUT2D eigenvalue weighted by molar-refractivity contribution is -0.102. The molecule has 0 spiro atoms. The lowest BCUT2D eigenvalue weighted by Gasteiger charge is -2.26. The maximum absolute atomic E-state index is 10.0. The lowest BCUT2D eigenvalue weighted by atomic mass is 9.81. The number of carbonyl (C=O) groups excluding carboxylic acids is 2. The van der Waals surface area contributed by atoms with Gasteiger partial charge in [0.2, 0.25) is 6.08 Å². The topological polar surface area (TPSA) is 58.9 Å². The largest absolute Gasteiger partial charge is 0.297 e. The maximum Gasteiger partial charge on any atom is 0.234 e. The van der Waals surface area contributed by atoms with E-state index in [1.807, 2.05) is 0 Å². The van der Waals surface area contributed by atoms with Crippen LogP contribution in [0.2, 0.25) is 0 Å². The van der Waals surface area contributed by atoms with Crippen molar-refractivity contribution in [3.05, 3.63) is 0 Å². The Labute approximate surface area is 89.5 Å². The first-order valence-corrected chi connectivity index (χ1v) is 5.34. The van der Waals surface area contributed by atoms with Crippen LogP contribution in [0.1, 0.15) is 25.7 Å². The van der Waals surface area contributed by atoms with Gasteiger partial charge in [-0.3, -0.25) is 9.79 Å². The fourth-order valence-electron chi connectivity index (χ4n) is 2.15.